The second-order valence-electron chi connectivity index (χ2n) is 3.87. The number of benzene rings is 1. The summed E-state index contributed by atoms with van der Waals surface area (Å²) >= 11 is 0. The molecule has 0 amide bonds. The Morgan fingerprint density at radius 2 is 1.78 bits per heavy atom. The number of pyridine rings is 1. The largest absolute Gasteiger partial charge is 0.337 e. The van der Waals surface area contributed by atoms with Crippen molar-refractivity contribution in [2.75, 3.05) is 0 Å². The van der Waals surface area contributed by atoms with Gasteiger partial charge < -0.3 is 4.98 Å². The summed E-state index contributed by atoms with van der Waals surface area (Å²) in [5.74, 6) is 0.457. The third-order valence-corrected chi connectivity index (χ3v) is 2.64. The summed E-state index contributed by atoms with van der Waals surface area (Å²) in [6.07, 6.45) is 3.44. The van der Waals surface area contributed by atoms with Gasteiger partial charge in [-0.25, -0.2) is 9.37 Å². The van der Waals surface area contributed by atoms with E-state index in [1.807, 2.05) is 18.2 Å². The zero-order valence-corrected chi connectivity index (χ0v) is 9.47. The summed E-state index contributed by atoms with van der Waals surface area (Å²) in [6, 6.07) is 11.9. The van der Waals surface area contributed by atoms with Crippen LogP contribution in [-0.4, -0.2) is 15.0 Å². The first-order valence-electron chi connectivity index (χ1n) is 5.55. The van der Waals surface area contributed by atoms with Crippen molar-refractivity contribution in [1.29, 1.82) is 0 Å². The van der Waals surface area contributed by atoms with Gasteiger partial charge in [-0.05, 0) is 42.0 Å². The molecule has 3 nitrogen and oxygen atoms in total. The molecular formula is C14H10FN3. The average Bonchev–Trinajstić information content (AvgIpc) is 2.90. The van der Waals surface area contributed by atoms with Crippen molar-refractivity contribution in [3.63, 3.8) is 0 Å². The van der Waals surface area contributed by atoms with Crippen LogP contribution < -0.4 is 0 Å². The lowest BCUT2D eigenvalue weighted by Gasteiger charge is -1.97. The molecule has 1 aromatic carbocycles. The molecule has 1 N–H and O–H groups in total. The Labute approximate surface area is 103 Å². The predicted octanol–water partition coefficient (Wildman–Crippen LogP) is 3.28. The zero-order chi connectivity index (χ0) is 12.4. The molecule has 2 heterocycles. The van der Waals surface area contributed by atoms with E-state index in [0.29, 0.717) is 5.82 Å². The minimum atomic E-state index is -0.247. The van der Waals surface area contributed by atoms with E-state index in [9.17, 15) is 4.39 Å². The molecule has 0 saturated heterocycles. The fourth-order valence-electron chi connectivity index (χ4n) is 1.73. The highest BCUT2D eigenvalue weighted by Crippen LogP contribution is 2.20. The number of halogens is 1. The van der Waals surface area contributed by atoms with Gasteiger partial charge in [-0.3, -0.25) is 4.98 Å². The van der Waals surface area contributed by atoms with E-state index < -0.39 is 0 Å². The van der Waals surface area contributed by atoms with Gasteiger partial charge in [0.15, 0.2) is 5.82 Å². The Morgan fingerprint density at radius 1 is 0.944 bits per heavy atom. The maximum absolute atomic E-state index is 12.8. The SMILES string of the molecule is Fc1ccc(-c2cnc(-c3ccccn3)[nH]2)cc1. The van der Waals surface area contributed by atoms with Crippen LogP contribution in [0.2, 0.25) is 0 Å². The Bertz CT molecular complexity index is 644. The molecule has 18 heavy (non-hydrogen) atoms. The van der Waals surface area contributed by atoms with Crippen molar-refractivity contribution in [3.05, 3.63) is 60.7 Å². The van der Waals surface area contributed by atoms with Gasteiger partial charge in [0.25, 0.3) is 0 Å². The predicted molar refractivity (Wildman–Crippen MR) is 67.2 cm³/mol. The second kappa shape index (κ2) is 4.41. The highest BCUT2D eigenvalue weighted by atomic mass is 19.1. The molecule has 0 spiro atoms. The first-order valence-corrected chi connectivity index (χ1v) is 5.55. The average molecular weight is 239 g/mol. The Hall–Kier alpha value is -2.49. The number of imidazole rings is 1. The summed E-state index contributed by atoms with van der Waals surface area (Å²) in [5.41, 5.74) is 2.52. The van der Waals surface area contributed by atoms with Gasteiger partial charge in [0, 0.05) is 6.20 Å². The van der Waals surface area contributed by atoms with Crippen LogP contribution in [0.1, 0.15) is 0 Å². The van der Waals surface area contributed by atoms with Crippen molar-refractivity contribution < 1.29 is 4.39 Å². The fourth-order valence-corrected chi connectivity index (χ4v) is 1.73. The first-order chi connectivity index (χ1) is 8.83. The molecule has 0 bridgehead atoms. The van der Waals surface area contributed by atoms with Gasteiger partial charge in [0.05, 0.1) is 11.9 Å². The quantitative estimate of drug-likeness (QED) is 0.745. The Kier molecular flexibility index (Phi) is 2.61. The molecule has 0 fully saturated rings. The first kappa shape index (κ1) is 10.7. The monoisotopic (exact) mass is 239 g/mol. The maximum atomic E-state index is 12.8. The highest BCUT2D eigenvalue weighted by Gasteiger charge is 2.05. The van der Waals surface area contributed by atoms with E-state index in [2.05, 4.69) is 15.0 Å². The lowest BCUT2D eigenvalue weighted by Crippen LogP contribution is -1.84. The number of hydrogen-bond donors (Lipinski definition) is 1. The van der Waals surface area contributed by atoms with Crippen molar-refractivity contribution in [2.45, 2.75) is 0 Å². The molecule has 0 aliphatic heterocycles. The summed E-state index contributed by atoms with van der Waals surface area (Å²) in [7, 11) is 0. The molecule has 0 radical (unpaired) electrons. The van der Waals surface area contributed by atoms with Crippen LogP contribution in [0, 0.1) is 5.82 Å². The number of aromatic nitrogens is 3. The van der Waals surface area contributed by atoms with E-state index >= 15 is 0 Å². The smallest absolute Gasteiger partial charge is 0.156 e. The molecule has 4 heteroatoms. The van der Waals surface area contributed by atoms with Crippen molar-refractivity contribution in [2.24, 2.45) is 0 Å². The fraction of sp³-hybridized carbons (Fsp3) is 0. The van der Waals surface area contributed by atoms with Crippen LogP contribution in [0.4, 0.5) is 4.39 Å². The van der Waals surface area contributed by atoms with E-state index in [0.717, 1.165) is 17.0 Å². The second-order valence-corrected chi connectivity index (χ2v) is 3.87. The number of aromatic amines is 1. The molecule has 3 rings (SSSR count). The summed E-state index contributed by atoms with van der Waals surface area (Å²) in [5, 5.41) is 0. The van der Waals surface area contributed by atoms with E-state index in [1.165, 1.54) is 12.1 Å². The van der Waals surface area contributed by atoms with Crippen LogP contribution in [0.3, 0.4) is 0 Å². The van der Waals surface area contributed by atoms with Crippen molar-refractivity contribution >= 4 is 0 Å². The maximum Gasteiger partial charge on any atom is 0.156 e. The number of H-pyrrole nitrogens is 1. The van der Waals surface area contributed by atoms with Crippen molar-refractivity contribution in [3.8, 4) is 22.8 Å². The van der Waals surface area contributed by atoms with E-state index in [-0.39, 0.29) is 5.82 Å². The van der Waals surface area contributed by atoms with Gasteiger partial charge in [-0.15, -0.1) is 0 Å². The molecule has 0 aliphatic rings. The van der Waals surface area contributed by atoms with Crippen LogP contribution >= 0.6 is 0 Å². The topological polar surface area (TPSA) is 41.6 Å². The van der Waals surface area contributed by atoms with Gasteiger partial charge in [-0.2, -0.15) is 0 Å². The normalized spacial score (nSPS) is 10.5. The third kappa shape index (κ3) is 2.00. The Balaban J connectivity index is 1.97. The molecule has 0 aliphatic carbocycles. The molecular weight excluding hydrogens is 229 g/mol. The van der Waals surface area contributed by atoms with Gasteiger partial charge in [-0.1, -0.05) is 6.07 Å². The van der Waals surface area contributed by atoms with Gasteiger partial charge in [0.2, 0.25) is 0 Å². The zero-order valence-electron chi connectivity index (χ0n) is 9.47. The molecule has 0 saturated carbocycles. The number of nitrogens with zero attached hydrogens (tertiary/aromatic N) is 2. The Morgan fingerprint density at radius 3 is 2.50 bits per heavy atom. The molecule has 0 atom stereocenters. The molecule has 0 unspecified atom stereocenters. The van der Waals surface area contributed by atoms with Gasteiger partial charge in [0.1, 0.15) is 11.5 Å². The van der Waals surface area contributed by atoms with Crippen molar-refractivity contribution in [1.82, 2.24) is 15.0 Å². The number of nitrogens with one attached hydrogen (secondary N) is 1. The molecule has 2 aromatic heterocycles. The number of hydrogen-bond acceptors (Lipinski definition) is 2. The van der Waals surface area contributed by atoms with Crippen LogP contribution in [0.25, 0.3) is 22.8 Å². The van der Waals surface area contributed by atoms with Gasteiger partial charge >= 0.3 is 0 Å². The van der Waals surface area contributed by atoms with Crippen LogP contribution in [0.15, 0.2) is 54.9 Å². The van der Waals surface area contributed by atoms with Crippen LogP contribution in [-0.2, 0) is 0 Å². The lowest BCUT2D eigenvalue weighted by atomic mass is 10.2. The van der Waals surface area contributed by atoms with Crippen LogP contribution in [0.5, 0.6) is 0 Å². The molecule has 3 aromatic rings. The minimum Gasteiger partial charge on any atom is -0.337 e. The molecule has 88 valence electrons. The van der Waals surface area contributed by atoms with E-state index in [1.54, 1.807) is 24.5 Å². The highest BCUT2D eigenvalue weighted by molar-refractivity contribution is 5.62. The third-order valence-electron chi connectivity index (χ3n) is 2.64. The summed E-state index contributed by atoms with van der Waals surface area (Å²) < 4.78 is 12.8. The van der Waals surface area contributed by atoms with E-state index in [4.69, 9.17) is 0 Å². The minimum absolute atomic E-state index is 0.247. The summed E-state index contributed by atoms with van der Waals surface area (Å²) in [4.78, 5) is 11.7. The standard InChI is InChI=1S/C14H10FN3/c15-11-6-4-10(5-7-11)13-9-17-14(18-13)12-3-1-2-8-16-12/h1-9H,(H,17,18). The lowest BCUT2D eigenvalue weighted by molar-refractivity contribution is 0.628. The number of rotatable bonds is 2. The summed E-state index contributed by atoms with van der Waals surface area (Å²) in [6.45, 7) is 0.